The fourth-order valence-electron chi connectivity index (χ4n) is 2.78. The van der Waals surface area contributed by atoms with Crippen LogP contribution in [0.2, 0.25) is 0 Å². The van der Waals surface area contributed by atoms with E-state index in [1.165, 1.54) is 11.3 Å². The minimum atomic E-state index is -0.00594. The van der Waals surface area contributed by atoms with Gasteiger partial charge in [0.2, 0.25) is 5.89 Å². The second kappa shape index (κ2) is 8.21. The summed E-state index contributed by atoms with van der Waals surface area (Å²) in [6.07, 6.45) is 0.841. The monoisotopic (exact) mass is 364 g/mol. The summed E-state index contributed by atoms with van der Waals surface area (Å²) < 4.78 is 5.69. The molecule has 2 aromatic rings. The molecule has 1 saturated heterocycles. The van der Waals surface area contributed by atoms with Crippen LogP contribution in [0.3, 0.4) is 0 Å². The van der Waals surface area contributed by atoms with E-state index in [1.807, 2.05) is 24.4 Å². The molecule has 8 nitrogen and oxygen atoms in total. The molecule has 1 fully saturated rings. The number of carbonyl (C=O) groups is 2. The average Bonchev–Trinajstić information content (AvgIpc) is 3.26. The first kappa shape index (κ1) is 17.6. The lowest BCUT2D eigenvalue weighted by Gasteiger charge is -2.26. The van der Waals surface area contributed by atoms with Crippen LogP contribution in [0.5, 0.6) is 0 Å². The van der Waals surface area contributed by atoms with Crippen molar-refractivity contribution in [2.45, 2.75) is 19.9 Å². The van der Waals surface area contributed by atoms with Crippen LogP contribution in [-0.4, -0.2) is 59.6 Å². The van der Waals surface area contributed by atoms with Crippen molar-refractivity contribution in [3.8, 4) is 10.8 Å². The molecule has 3 rings (SSSR count). The maximum absolute atomic E-state index is 12.6. The van der Waals surface area contributed by atoms with E-state index in [1.54, 1.807) is 4.90 Å². The largest absolute Gasteiger partial charge is 0.418 e. The number of hydrogen-bond donors (Lipinski definition) is 2. The smallest absolute Gasteiger partial charge is 0.278 e. The van der Waals surface area contributed by atoms with E-state index in [9.17, 15) is 9.59 Å². The Morgan fingerprint density at radius 2 is 2.36 bits per heavy atom. The lowest BCUT2D eigenvalue weighted by atomic mass is 10.3. The standard InChI is InChI=1S/C16H21N5O3S/c1-2-6-21(15(23)11-20-7-5-17-13(22)9-20)10-14-18-19-16(24-14)12-4-3-8-25-12/h3-4,8H,2,5-7,9-11H2,1H3,(H,17,22)/p+1. The zero-order chi connectivity index (χ0) is 17.6. The van der Waals surface area contributed by atoms with Gasteiger partial charge in [-0.05, 0) is 17.9 Å². The molecule has 0 saturated carbocycles. The molecule has 0 aliphatic carbocycles. The first-order valence-electron chi connectivity index (χ1n) is 8.40. The molecule has 1 unspecified atom stereocenters. The lowest BCUT2D eigenvalue weighted by Crippen LogP contribution is -3.16. The first-order valence-corrected chi connectivity index (χ1v) is 9.28. The molecule has 0 radical (unpaired) electrons. The molecule has 0 bridgehead atoms. The number of quaternary nitrogens is 1. The average molecular weight is 364 g/mol. The highest BCUT2D eigenvalue weighted by Crippen LogP contribution is 2.23. The number of piperazine rings is 1. The molecular formula is C16H22N5O3S+. The summed E-state index contributed by atoms with van der Waals surface area (Å²) in [6, 6.07) is 3.84. The molecule has 134 valence electrons. The fourth-order valence-corrected chi connectivity index (χ4v) is 3.42. The molecule has 2 N–H and O–H groups in total. The highest BCUT2D eigenvalue weighted by molar-refractivity contribution is 7.13. The Labute approximate surface area is 149 Å². The van der Waals surface area contributed by atoms with Gasteiger partial charge in [-0.3, -0.25) is 9.59 Å². The van der Waals surface area contributed by atoms with Gasteiger partial charge in [-0.25, -0.2) is 0 Å². The molecule has 2 amide bonds. The quantitative estimate of drug-likeness (QED) is 0.694. The Bertz CT molecular complexity index is 715. The predicted octanol–water partition coefficient (Wildman–Crippen LogP) is -0.449. The SMILES string of the molecule is CCCN(Cc1nnc(-c2cccs2)o1)C(=O)C[NH+]1CCNC(=O)C1. The van der Waals surface area contributed by atoms with Gasteiger partial charge in [0.25, 0.3) is 17.7 Å². The van der Waals surface area contributed by atoms with Crippen LogP contribution >= 0.6 is 11.3 Å². The third-order valence-electron chi connectivity index (χ3n) is 3.98. The summed E-state index contributed by atoms with van der Waals surface area (Å²) in [7, 11) is 0. The van der Waals surface area contributed by atoms with E-state index in [0.29, 0.717) is 44.5 Å². The first-order chi connectivity index (χ1) is 12.2. The van der Waals surface area contributed by atoms with Crippen LogP contribution in [0.4, 0.5) is 0 Å². The van der Waals surface area contributed by atoms with E-state index >= 15 is 0 Å². The molecule has 1 aliphatic rings. The van der Waals surface area contributed by atoms with Crippen molar-refractivity contribution in [2.75, 3.05) is 32.7 Å². The molecule has 2 aromatic heterocycles. The van der Waals surface area contributed by atoms with Crippen LogP contribution in [0.15, 0.2) is 21.9 Å². The second-order valence-electron chi connectivity index (χ2n) is 6.00. The molecule has 1 aliphatic heterocycles. The molecule has 1 atom stereocenters. The van der Waals surface area contributed by atoms with Crippen molar-refractivity contribution in [3.63, 3.8) is 0 Å². The van der Waals surface area contributed by atoms with Crippen molar-refractivity contribution in [1.82, 2.24) is 20.4 Å². The number of nitrogens with zero attached hydrogens (tertiary/aromatic N) is 3. The van der Waals surface area contributed by atoms with Crippen molar-refractivity contribution >= 4 is 23.2 Å². The van der Waals surface area contributed by atoms with E-state index < -0.39 is 0 Å². The zero-order valence-electron chi connectivity index (χ0n) is 14.2. The summed E-state index contributed by atoms with van der Waals surface area (Å²) in [5.41, 5.74) is 0. The second-order valence-corrected chi connectivity index (χ2v) is 6.94. The van der Waals surface area contributed by atoms with Crippen molar-refractivity contribution < 1.29 is 18.9 Å². The number of carbonyl (C=O) groups excluding carboxylic acids is 2. The molecular weight excluding hydrogens is 342 g/mol. The maximum atomic E-state index is 12.6. The maximum Gasteiger partial charge on any atom is 0.278 e. The van der Waals surface area contributed by atoms with Gasteiger partial charge in [-0.2, -0.15) is 0 Å². The molecule has 9 heteroatoms. The fraction of sp³-hybridized carbons (Fsp3) is 0.500. The van der Waals surface area contributed by atoms with E-state index in [4.69, 9.17) is 4.42 Å². The van der Waals surface area contributed by atoms with Crippen LogP contribution in [0.1, 0.15) is 19.2 Å². The summed E-state index contributed by atoms with van der Waals surface area (Å²) in [4.78, 5) is 27.7. The Hall–Kier alpha value is -2.26. The van der Waals surface area contributed by atoms with E-state index in [2.05, 4.69) is 15.5 Å². The van der Waals surface area contributed by atoms with Gasteiger partial charge in [0.05, 0.1) is 24.5 Å². The number of rotatable bonds is 7. The predicted molar refractivity (Wildman–Crippen MR) is 91.9 cm³/mol. The van der Waals surface area contributed by atoms with Crippen LogP contribution in [0, 0.1) is 0 Å². The number of hydrogen-bond acceptors (Lipinski definition) is 6. The minimum absolute atomic E-state index is 0.00224. The van der Waals surface area contributed by atoms with Crippen LogP contribution < -0.4 is 10.2 Å². The molecule has 25 heavy (non-hydrogen) atoms. The highest BCUT2D eigenvalue weighted by Gasteiger charge is 2.26. The van der Waals surface area contributed by atoms with E-state index in [-0.39, 0.29) is 11.8 Å². The molecule has 3 heterocycles. The number of aromatic nitrogens is 2. The number of nitrogens with one attached hydrogen (secondary N) is 2. The molecule has 0 spiro atoms. The Kier molecular flexibility index (Phi) is 5.77. The highest BCUT2D eigenvalue weighted by atomic mass is 32.1. The van der Waals surface area contributed by atoms with Crippen LogP contribution in [0.25, 0.3) is 10.8 Å². The van der Waals surface area contributed by atoms with Crippen molar-refractivity contribution in [1.29, 1.82) is 0 Å². The number of amides is 2. The van der Waals surface area contributed by atoms with Gasteiger partial charge in [0, 0.05) is 6.54 Å². The summed E-state index contributed by atoms with van der Waals surface area (Å²) >= 11 is 1.53. The van der Waals surface area contributed by atoms with Gasteiger partial charge >= 0.3 is 0 Å². The van der Waals surface area contributed by atoms with Crippen LogP contribution in [-0.2, 0) is 16.1 Å². The Balaban J connectivity index is 1.62. The van der Waals surface area contributed by atoms with Gasteiger partial charge in [-0.1, -0.05) is 13.0 Å². The lowest BCUT2D eigenvalue weighted by molar-refractivity contribution is -0.885. The topological polar surface area (TPSA) is 92.8 Å². The zero-order valence-corrected chi connectivity index (χ0v) is 15.0. The van der Waals surface area contributed by atoms with Gasteiger partial charge < -0.3 is 19.5 Å². The van der Waals surface area contributed by atoms with Gasteiger partial charge in [-0.15, -0.1) is 21.5 Å². The third kappa shape index (κ3) is 4.64. The summed E-state index contributed by atoms with van der Waals surface area (Å²) in [5, 5.41) is 12.8. The Morgan fingerprint density at radius 3 is 3.08 bits per heavy atom. The summed E-state index contributed by atoms with van der Waals surface area (Å²) in [6.45, 7) is 4.96. The molecule has 0 aromatic carbocycles. The third-order valence-corrected chi connectivity index (χ3v) is 4.84. The van der Waals surface area contributed by atoms with Crippen molar-refractivity contribution in [2.24, 2.45) is 0 Å². The summed E-state index contributed by atoms with van der Waals surface area (Å²) in [5.74, 6) is 0.903. The van der Waals surface area contributed by atoms with Gasteiger partial charge in [0.15, 0.2) is 13.1 Å². The van der Waals surface area contributed by atoms with E-state index in [0.717, 1.165) is 22.7 Å². The van der Waals surface area contributed by atoms with Crippen molar-refractivity contribution in [3.05, 3.63) is 23.4 Å². The van der Waals surface area contributed by atoms with Gasteiger partial charge in [0.1, 0.15) is 0 Å². The number of thiophene rings is 1. The minimum Gasteiger partial charge on any atom is -0.418 e. The Morgan fingerprint density at radius 1 is 1.48 bits per heavy atom. The normalized spacial score (nSPS) is 17.3.